The summed E-state index contributed by atoms with van der Waals surface area (Å²) in [4.78, 5) is 16.4. The second-order valence-corrected chi connectivity index (χ2v) is 7.09. The number of carbonyl (C=O) groups excluding carboxylic acids is 1. The summed E-state index contributed by atoms with van der Waals surface area (Å²) < 4.78 is 5.68. The third-order valence-corrected chi connectivity index (χ3v) is 4.90. The third-order valence-electron chi connectivity index (χ3n) is 4.90. The van der Waals surface area contributed by atoms with E-state index in [2.05, 4.69) is 53.4 Å². The van der Waals surface area contributed by atoms with Crippen molar-refractivity contribution in [3.05, 3.63) is 102 Å². The van der Waals surface area contributed by atoms with Gasteiger partial charge in [-0.05, 0) is 23.3 Å². The van der Waals surface area contributed by atoms with Gasteiger partial charge in [-0.1, -0.05) is 78.9 Å². The molecule has 3 aromatic rings. The zero-order valence-electron chi connectivity index (χ0n) is 15.8. The van der Waals surface area contributed by atoms with Crippen molar-refractivity contribution < 1.29 is 9.53 Å². The van der Waals surface area contributed by atoms with E-state index in [0.717, 1.165) is 18.8 Å². The van der Waals surface area contributed by atoms with Crippen LogP contribution in [0.1, 0.15) is 11.1 Å². The SMILES string of the molecule is O=C1OC(CN(Cc2ccccc2)Cc2ccccc2)CN1c1ccccc1. The maximum absolute atomic E-state index is 12.4. The minimum Gasteiger partial charge on any atom is -0.443 e. The van der Waals surface area contributed by atoms with E-state index in [4.69, 9.17) is 4.74 Å². The van der Waals surface area contributed by atoms with Gasteiger partial charge in [-0.2, -0.15) is 0 Å². The Morgan fingerprint density at radius 3 is 1.82 bits per heavy atom. The van der Waals surface area contributed by atoms with Crippen LogP contribution < -0.4 is 4.90 Å². The molecule has 4 heteroatoms. The number of ether oxygens (including phenoxy) is 1. The van der Waals surface area contributed by atoms with Gasteiger partial charge in [-0.3, -0.25) is 9.80 Å². The number of nitrogens with zero attached hydrogens (tertiary/aromatic N) is 2. The van der Waals surface area contributed by atoms with Gasteiger partial charge in [0.2, 0.25) is 0 Å². The standard InChI is InChI=1S/C24H24N2O2/c27-24-26(22-14-8-3-9-15-22)19-23(28-24)18-25(16-20-10-4-1-5-11-20)17-21-12-6-2-7-13-21/h1-15,23H,16-19H2. The molecule has 0 spiro atoms. The highest BCUT2D eigenvalue weighted by atomic mass is 16.6. The van der Waals surface area contributed by atoms with Crippen LogP contribution in [-0.2, 0) is 17.8 Å². The predicted octanol–water partition coefficient (Wildman–Crippen LogP) is 4.71. The fourth-order valence-corrected chi connectivity index (χ4v) is 3.59. The molecule has 0 radical (unpaired) electrons. The van der Waals surface area contributed by atoms with Crippen molar-refractivity contribution in [1.29, 1.82) is 0 Å². The van der Waals surface area contributed by atoms with E-state index in [-0.39, 0.29) is 12.2 Å². The van der Waals surface area contributed by atoms with Crippen molar-refractivity contribution in [2.75, 3.05) is 18.0 Å². The number of amides is 1. The van der Waals surface area contributed by atoms with E-state index in [0.29, 0.717) is 13.1 Å². The number of hydrogen-bond donors (Lipinski definition) is 0. The van der Waals surface area contributed by atoms with Gasteiger partial charge >= 0.3 is 6.09 Å². The maximum atomic E-state index is 12.4. The smallest absolute Gasteiger partial charge is 0.414 e. The van der Waals surface area contributed by atoms with Gasteiger partial charge in [-0.15, -0.1) is 0 Å². The molecule has 1 atom stereocenters. The summed E-state index contributed by atoms with van der Waals surface area (Å²) in [5, 5.41) is 0. The molecule has 1 saturated heterocycles. The highest BCUT2D eigenvalue weighted by molar-refractivity contribution is 5.89. The summed E-state index contributed by atoms with van der Waals surface area (Å²) in [7, 11) is 0. The first kappa shape index (κ1) is 18.3. The molecule has 1 aliphatic heterocycles. The second-order valence-electron chi connectivity index (χ2n) is 7.09. The molecular weight excluding hydrogens is 348 g/mol. The normalized spacial score (nSPS) is 16.4. The van der Waals surface area contributed by atoms with Crippen molar-refractivity contribution in [3.63, 3.8) is 0 Å². The highest BCUT2D eigenvalue weighted by Gasteiger charge is 2.33. The third kappa shape index (κ3) is 4.59. The van der Waals surface area contributed by atoms with E-state index in [9.17, 15) is 4.79 Å². The van der Waals surface area contributed by atoms with Gasteiger partial charge in [0, 0.05) is 25.3 Å². The molecule has 1 amide bonds. The average molecular weight is 372 g/mol. The number of cyclic esters (lactones) is 1. The number of benzene rings is 3. The zero-order chi connectivity index (χ0) is 19.2. The van der Waals surface area contributed by atoms with Crippen LogP contribution in [0.4, 0.5) is 10.5 Å². The topological polar surface area (TPSA) is 32.8 Å². The van der Waals surface area contributed by atoms with Crippen LogP contribution in [0.5, 0.6) is 0 Å². The molecule has 0 aliphatic carbocycles. The lowest BCUT2D eigenvalue weighted by atomic mass is 10.1. The Kier molecular flexibility index (Phi) is 5.69. The van der Waals surface area contributed by atoms with Gasteiger partial charge in [0.1, 0.15) is 6.10 Å². The zero-order valence-corrected chi connectivity index (χ0v) is 15.8. The number of carbonyl (C=O) groups is 1. The first-order valence-electron chi connectivity index (χ1n) is 9.61. The molecule has 1 heterocycles. The lowest BCUT2D eigenvalue weighted by molar-refractivity contribution is 0.103. The van der Waals surface area contributed by atoms with Gasteiger partial charge in [0.25, 0.3) is 0 Å². The second kappa shape index (κ2) is 8.72. The minimum atomic E-state index is -0.268. The van der Waals surface area contributed by atoms with Crippen LogP contribution in [-0.4, -0.2) is 30.2 Å². The molecule has 1 fully saturated rings. The fourth-order valence-electron chi connectivity index (χ4n) is 3.59. The predicted molar refractivity (Wildman–Crippen MR) is 111 cm³/mol. The molecule has 142 valence electrons. The lowest BCUT2D eigenvalue weighted by Gasteiger charge is -2.25. The largest absolute Gasteiger partial charge is 0.443 e. The Morgan fingerprint density at radius 1 is 0.786 bits per heavy atom. The molecule has 4 rings (SSSR count). The molecule has 3 aromatic carbocycles. The van der Waals surface area contributed by atoms with Gasteiger partial charge in [0.15, 0.2) is 0 Å². The van der Waals surface area contributed by atoms with E-state index in [1.54, 1.807) is 4.90 Å². The molecule has 1 aliphatic rings. The highest BCUT2D eigenvalue weighted by Crippen LogP contribution is 2.22. The first-order valence-corrected chi connectivity index (χ1v) is 9.61. The molecule has 0 N–H and O–H groups in total. The molecule has 28 heavy (non-hydrogen) atoms. The average Bonchev–Trinajstić information content (AvgIpc) is 3.10. The summed E-state index contributed by atoms with van der Waals surface area (Å²) in [6.07, 6.45) is -0.421. The van der Waals surface area contributed by atoms with Crippen molar-refractivity contribution in [3.8, 4) is 0 Å². The van der Waals surface area contributed by atoms with Crippen LogP contribution in [0.3, 0.4) is 0 Å². The van der Waals surface area contributed by atoms with Crippen LogP contribution in [0.2, 0.25) is 0 Å². The van der Waals surface area contributed by atoms with E-state index < -0.39 is 0 Å². The molecule has 0 bridgehead atoms. The summed E-state index contributed by atoms with van der Waals surface area (Å²) >= 11 is 0. The molecular formula is C24H24N2O2. The van der Waals surface area contributed by atoms with Gasteiger partial charge in [-0.25, -0.2) is 4.79 Å². The molecule has 1 unspecified atom stereocenters. The Bertz CT molecular complexity index is 843. The molecule has 0 aromatic heterocycles. The minimum absolute atomic E-state index is 0.153. The van der Waals surface area contributed by atoms with Crippen LogP contribution in [0.15, 0.2) is 91.0 Å². The van der Waals surface area contributed by atoms with Gasteiger partial charge < -0.3 is 4.74 Å². The van der Waals surface area contributed by atoms with E-state index in [1.165, 1.54) is 11.1 Å². The van der Waals surface area contributed by atoms with Crippen molar-refractivity contribution in [1.82, 2.24) is 4.90 Å². The Labute approximate surface area is 166 Å². The fraction of sp³-hybridized carbons (Fsp3) is 0.208. The Hall–Kier alpha value is -3.11. The molecule has 0 saturated carbocycles. The monoisotopic (exact) mass is 372 g/mol. The Balaban J connectivity index is 1.46. The quantitative estimate of drug-likeness (QED) is 0.602. The van der Waals surface area contributed by atoms with E-state index in [1.807, 2.05) is 42.5 Å². The summed E-state index contributed by atoms with van der Waals surface area (Å²) in [5.41, 5.74) is 3.39. The Morgan fingerprint density at radius 2 is 1.29 bits per heavy atom. The summed E-state index contributed by atoms with van der Waals surface area (Å²) in [6, 6.07) is 30.5. The van der Waals surface area contributed by atoms with Crippen molar-refractivity contribution in [2.24, 2.45) is 0 Å². The first-order chi connectivity index (χ1) is 13.8. The van der Waals surface area contributed by atoms with E-state index >= 15 is 0 Å². The lowest BCUT2D eigenvalue weighted by Crippen LogP contribution is -2.34. The summed E-state index contributed by atoms with van der Waals surface area (Å²) in [5.74, 6) is 0. The number of anilines is 1. The van der Waals surface area contributed by atoms with Crippen LogP contribution in [0.25, 0.3) is 0 Å². The van der Waals surface area contributed by atoms with Crippen molar-refractivity contribution >= 4 is 11.8 Å². The van der Waals surface area contributed by atoms with Crippen LogP contribution >= 0.6 is 0 Å². The summed E-state index contributed by atoms with van der Waals surface area (Å²) in [6.45, 7) is 2.89. The number of rotatable bonds is 7. The number of hydrogen-bond acceptors (Lipinski definition) is 3. The number of para-hydroxylation sites is 1. The van der Waals surface area contributed by atoms with Gasteiger partial charge in [0.05, 0.1) is 6.54 Å². The van der Waals surface area contributed by atoms with Crippen molar-refractivity contribution in [2.45, 2.75) is 19.2 Å². The maximum Gasteiger partial charge on any atom is 0.414 e. The van der Waals surface area contributed by atoms with Crippen LogP contribution in [0, 0.1) is 0 Å². The molecule has 4 nitrogen and oxygen atoms in total.